The van der Waals surface area contributed by atoms with E-state index >= 15 is 0 Å². The van der Waals surface area contributed by atoms with Gasteiger partial charge in [-0.3, -0.25) is 0 Å². The summed E-state index contributed by atoms with van der Waals surface area (Å²) in [5.74, 6) is -0.492. The van der Waals surface area contributed by atoms with Gasteiger partial charge in [0, 0.05) is 12.8 Å². The molecule has 0 spiro atoms. The van der Waals surface area contributed by atoms with Crippen molar-refractivity contribution >= 4 is 39.7 Å². The summed E-state index contributed by atoms with van der Waals surface area (Å²) in [6.07, 6.45) is 0. The smallest absolute Gasteiger partial charge is 0.351 e. The van der Waals surface area contributed by atoms with Crippen LogP contribution in [0.3, 0.4) is 0 Å². The number of esters is 1. The van der Waals surface area contributed by atoms with Gasteiger partial charge in [-0.15, -0.1) is 0 Å². The van der Waals surface area contributed by atoms with Gasteiger partial charge in [0.05, 0.1) is 13.7 Å². The fourth-order valence-corrected chi connectivity index (χ4v) is 2.73. The first-order valence-electron chi connectivity index (χ1n) is 5.73. The van der Waals surface area contributed by atoms with Crippen molar-refractivity contribution in [3.05, 3.63) is 39.9 Å². The van der Waals surface area contributed by atoms with Crippen LogP contribution < -0.4 is 5.32 Å². The average Bonchev–Trinajstić information content (AvgIpc) is 2.79. The lowest BCUT2D eigenvalue weighted by molar-refractivity contribution is 0.0606. The minimum absolute atomic E-state index is 0.136. The number of benzene rings is 1. The lowest BCUT2D eigenvalue weighted by Gasteiger charge is -2.05. The Bertz CT molecular complexity index is 615. The molecule has 0 saturated carbocycles. The highest BCUT2D eigenvalue weighted by Gasteiger charge is 2.17. The SMILES string of the molecule is COCc1cccc(Nc2nc(Cl)c(C(=O)OC)s2)c1. The molecule has 1 aromatic heterocycles. The summed E-state index contributed by atoms with van der Waals surface area (Å²) in [5.41, 5.74) is 1.88. The number of rotatable bonds is 5. The minimum Gasteiger partial charge on any atom is -0.465 e. The van der Waals surface area contributed by atoms with E-state index in [1.54, 1.807) is 7.11 Å². The molecule has 1 aromatic carbocycles. The van der Waals surface area contributed by atoms with E-state index in [4.69, 9.17) is 16.3 Å². The van der Waals surface area contributed by atoms with Crippen LogP contribution in [0.5, 0.6) is 0 Å². The van der Waals surface area contributed by atoms with Gasteiger partial charge in [0.1, 0.15) is 0 Å². The molecular formula is C13H13ClN2O3S. The summed E-state index contributed by atoms with van der Waals surface area (Å²) >= 11 is 7.05. The predicted octanol–water partition coefficient (Wildman–Crippen LogP) is 3.47. The van der Waals surface area contributed by atoms with E-state index in [0.717, 1.165) is 22.6 Å². The molecule has 0 aliphatic rings. The van der Waals surface area contributed by atoms with Crippen molar-refractivity contribution in [2.24, 2.45) is 0 Å². The number of thiazole rings is 1. The molecule has 0 amide bonds. The maximum Gasteiger partial charge on any atom is 0.351 e. The number of hydrogen-bond acceptors (Lipinski definition) is 6. The Morgan fingerprint density at radius 1 is 1.45 bits per heavy atom. The molecule has 2 aromatic rings. The lowest BCUT2D eigenvalue weighted by atomic mass is 10.2. The van der Waals surface area contributed by atoms with Crippen LogP contribution in [-0.2, 0) is 16.1 Å². The second kappa shape index (κ2) is 6.69. The summed E-state index contributed by atoms with van der Waals surface area (Å²) < 4.78 is 9.71. The van der Waals surface area contributed by atoms with Crippen LogP contribution >= 0.6 is 22.9 Å². The Morgan fingerprint density at radius 2 is 2.25 bits per heavy atom. The number of hydrogen-bond donors (Lipinski definition) is 1. The monoisotopic (exact) mass is 312 g/mol. The third kappa shape index (κ3) is 3.47. The molecule has 20 heavy (non-hydrogen) atoms. The minimum atomic E-state index is -0.492. The number of aromatic nitrogens is 1. The first kappa shape index (κ1) is 14.8. The Hall–Kier alpha value is -1.63. The van der Waals surface area contributed by atoms with Gasteiger partial charge in [-0.05, 0) is 17.7 Å². The predicted molar refractivity (Wildman–Crippen MR) is 78.9 cm³/mol. The number of anilines is 2. The summed E-state index contributed by atoms with van der Waals surface area (Å²) in [5, 5.41) is 3.77. The number of nitrogens with zero attached hydrogens (tertiary/aromatic N) is 1. The largest absolute Gasteiger partial charge is 0.465 e. The molecule has 0 bridgehead atoms. The van der Waals surface area contributed by atoms with Gasteiger partial charge in [-0.25, -0.2) is 9.78 Å². The molecular weight excluding hydrogens is 300 g/mol. The van der Waals surface area contributed by atoms with E-state index in [2.05, 4.69) is 15.0 Å². The van der Waals surface area contributed by atoms with Crippen LogP contribution in [0.4, 0.5) is 10.8 Å². The third-order valence-corrected chi connectivity index (χ3v) is 3.78. The molecule has 0 aliphatic carbocycles. The molecule has 7 heteroatoms. The topological polar surface area (TPSA) is 60.5 Å². The maximum atomic E-state index is 11.5. The second-order valence-corrected chi connectivity index (χ2v) is 5.25. The van der Waals surface area contributed by atoms with Crippen molar-refractivity contribution in [1.29, 1.82) is 0 Å². The number of carbonyl (C=O) groups is 1. The van der Waals surface area contributed by atoms with Gasteiger partial charge in [0.15, 0.2) is 15.2 Å². The van der Waals surface area contributed by atoms with Crippen LogP contribution in [0.2, 0.25) is 5.15 Å². The number of halogens is 1. The van der Waals surface area contributed by atoms with Gasteiger partial charge in [0.2, 0.25) is 0 Å². The zero-order valence-electron chi connectivity index (χ0n) is 11.0. The van der Waals surface area contributed by atoms with Gasteiger partial charge < -0.3 is 14.8 Å². The number of carbonyl (C=O) groups excluding carboxylic acids is 1. The van der Waals surface area contributed by atoms with E-state index in [0.29, 0.717) is 11.7 Å². The molecule has 0 radical (unpaired) electrons. The Kier molecular flexibility index (Phi) is 4.94. The van der Waals surface area contributed by atoms with Crippen molar-refractivity contribution in [2.75, 3.05) is 19.5 Å². The van der Waals surface area contributed by atoms with Crippen LogP contribution in [0.15, 0.2) is 24.3 Å². The maximum absolute atomic E-state index is 11.5. The summed E-state index contributed by atoms with van der Waals surface area (Å²) in [6, 6.07) is 7.71. The number of nitrogens with one attached hydrogen (secondary N) is 1. The molecule has 0 saturated heterocycles. The van der Waals surface area contributed by atoms with Gasteiger partial charge in [-0.2, -0.15) is 0 Å². The highest BCUT2D eigenvalue weighted by molar-refractivity contribution is 7.18. The van der Waals surface area contributed by atoms with Gasteiger partial charge >= 0.3 is 5.97 Å². The fraction of sp³-hybridized carbons (Fsp3) is 0.231. The van der Waals surface area contributed by atoms with Crippen molar-refractivity contribution in [3.8, 4) is 0 Å². The van der Waals surface area contributed by atoms with E-state index in [1.165, 1.54) is 7.11 Å². The molecule has 0 aliphatic heterocycles. The fourth-order valence-electron chi connectivity index (χ4n) is 1.60. The highest BCUT2D eigenvalue weighted by atomic mass is 35.5. The molecule has 1 heterocycles. The highest BCUT2D eigenvalue weighted by Crippen LogP contribution is 2.29. The van der Waals surface area contributed by atoms with Crippen LogP contribution in [0.1, 0.15) is 15.2 Å². The number of methoxy groups -OCH3 is 2. The van der Waals surface area contributed by atoms with Crippen molar-refractivity contribution < 1.29 is 14.3 Å². The van der Waals surface area contributed by atoms with Crippen LogP contribution in [-0.4, -0.2) is 25.2 Å². The van der Waals surface area contributed by atoms with Gasteiger partial charge in [-0.1, -0.05) is 35.1 Å². The van der Waals surface area contributed by atoms with Gasteiger partial charge in [0.25, 0.3) is 0 Å². The normalized spacial score (nSPS) is 10.3. The summed E-state index contributed by atoms with van der Waals surface area (Å²) in [6.45, 7) is 0.529. The first-order chi connectivity index (χ1) is 9.63. The quantitative estimate of drug-likeness (QED) is 0.857. The van der Waals surface area contributed by atoms with Crippen molar-refractivity contribution in [1.82, 2.24) is 4.98 Å². The number of ether oxygens (including phenoxy) is 2. The first-order valence-corrected chi connectivity index (χ1v) is 6.93. The zero-order valence-corrected chi connectivity index (χ0v) is 12.5. The standard InChI is InChI=1S/C13H13ClN2O3S/c1-18-7-8-4-3-5-9(6-8)15-13-16-11(14)10(20-13)12(17)19-2/h3-6H,7H2,1-2H3,(H,15,16). The molecule has 0 unspecified atom stereocenters. The molecule has 106 valence electrons. The molecule has 0 fully saturated rings. The third-order valence-electron chi connectivity index (χ3n) is 2.45. The van der Waals surface area contributed by atoms with Crippen LogP contribution in [0.25, 0.3) is 0 Å². The zero-order chi connectivity index (χ0) is 14.5. The molecule has 1 N–H and O–H groups in total. The Balaban J connectivity index is 2.18. The molecule has 0 atom stereocenters. The van der Waals surface area contributed by atoms with E-state index in [1.807, 2.05) is 24.3 Å². The van der Waals surface area contributed by atoms with E-state index < -0.39 is 5.97 Å². The average molecular weight is 313 g/mol. The summed E-state index contributed by atoms with van der Waals surface area (Å²) in [4.78, 5) is 15.8. The van der Waals surface area contributed by atoms with Crippen molar-refractivity contribution in [2.45, 2.75) is 6.61 Å². The Morgan fingerprint density at radius 3 is 2.95 bits per heavy atom. The molecule has 2 rings (SSSR count). The Labute approximate surface area is 125 Å². The lowest BCUT2D eigenvalue weighted by Crippen LogP contribution is -1.98. The van der Waals surface area contributed by atoms with E-state index in [-0.39, 0.29) is 10.0 Å². The summed E-state index contributed by atoms with van der Waals surface area (Å²) in [7, 11) is 2.95. The molecule has 5 nitrogen and oxygen atoms in total. The van der Waals surface area contributed by atoms with E-state index in [9.17, 15) is 4.79 Å². The second-order valence-electron chi connectivity index (χ2n) is 3.89. The van der Waals surface area contributed by atoms with Crippen molar-refractivity contribution in [3.63, 3.8) is 0 Å². The van der Waals surface area contributed by atoms with Crippen LogP contribution in [0, 0.1) is 0 Å².